The Kier molecular flexibility index (Phi) is 5.77. The Balaban J connectivity index is 2.49. The summed E-state index contributed by atoms with van der Waals surface area (Å²) in [7, 11) is 1.45. The first-order valence-electron chi connectivity index (χ1n) is 6.21. The van der Waals surface area contributed by atoms with Gasteiger partial charge in [0.25, 0.3) is 0 Å². The van der Waals surface area contributed by atoms with Crippen molar-refractivity contribution in [1.82, 2.24) is 4.90 Å². The van der Waals surface area contributed by atoms with Gasteiger partial charge in [-0.15, -0.1) is 0 Å². The van der Waals surface area contributed by atoms with Crippen molar-refractivity contribution in [2.24, 2.45) is 5.73 Å². The summed E-state index contributed by atoms with van der Waals surface area (Å²) >= 11 is 0. The lowest BCUT2D eigenvalue weighted by Gasteiger charge is -2.39. The summed E-state index contributed by atoms with van der Waals surface area (Å²) in [5.74, 6) is -0.121. The molecule has 1 heterocycles. The van der Waals surface area contributed by atoms with E-state index < -0.39 is 0 Å². The number of piperidine rings is 1. The highest BCUT2D eigenvalue weighted by Gasteiger charge is 2.27. The molecule has 0 aliphatic carbocycles. The van der Waals surface area contributed by atoms with Crippen LogP contribution < -0.4 is 5.73 Å². The van der Waals surface area contributed by atoms with E-state index in [2.05, 4.69) is 11.8 Å². The molecule has 1 aliphatic rings. The number of carbonyl (C=O) groups excluding carboxylic acids is 1. The molecule has 16 heavy (non-hydrogen) atoms. The van der Waals surface area contributed by atoms with Crippen molar-refractivity contribution in [1.29, 1.82) is 0 Å². The first kappa shape index (κ1) is 13.5. The fraction of sp³-hybridized carbons (Fsp3) is 0.917. The van der Waals surface area contributed by atoms with Crippen LogP contribution in [0.3, 0.4) is 0 Å². The minimum atomic E-state index is -0.121. The van der Waals surface area contributed by atoms with Gasteiger partial charge in [0.05, 0.1) is 13.5 Å². The zero-order chi connectivity index (χ0) is 12.0. The van der Waals surface area contributed by atoms with Gasteiger partial charge in [-0.25, -0.2) is 0 Å². The van der Waals surface area contributed by atoms with Crippen LogP contribution in [0.5, 0.6) is 0 Å². The molecule has 0 spiro atoms. The number of nitrogens with two attached hydrogens (primary N) is 1. The van der Waals surface area contributed by atoms with Crippen molar-refractivity contribution in [2.45, 2.75) is 51.1 Å². The summed E-state index contributed by atoms with van der Waals surface area (Å²) in [5.41, 5.74) is 5.63. The van der Waals surface area contributed by atoms with Gasteiger partial charge in [0.15, 0.2) is 0 Å². The van der Waals surface area contributed by atoms with Gasteiger partial charge in [0.2, 0.25) is 0 Å². The van der Waals surface area contributed by atoms with Crippen molar-refractivity contribution in [3.8, 4) is 0 Å². The molecule has 0 saturated carbocycles. The molecule has 1 rings (SSSR count). The Labute approximate surface area is 98.1 Å². The number of likely N-dealkylation sites (tertiary alicyclic amines) is 1. The summed E-state index contributed by atoms with van der Waals surface area (Å²) in [4.78, 5) is 13.7. The minimum Gasteiger partial charge on any atom is -0.469 e. The zero-order valence-corrected chi connectivity index (χ0v) is 10.4. The van der Waals surface area contributed by atoms with E-state index in [1.54, 1.807) is 0 Å². The van der Waals surface area contributed by atoms with Crippen LogP contribution in [-0.4, -0.2) is 43.2 Å². The second kappa shape index (κ2) is 6.86. The largest absolute Gasteiger partial charge is 0.469 e. The highest BCUT2D eigenvalue weighted by atomic mass is 16.5. The normalized spacial score (nSPS) is 24.1. The maximum atomic E-state index is 11.3. The second-order valence-corrected chi connectivity index (χ2v) is 4.59. The number of rotatable bonds is 5. The molecule has 4 nitrogen and oxygen atoms in total. The molecule has 0 radical (unpaired) electrons. The maximum Gasteiger partial charge on any atom is 0.307 e. The summed E-state index contributed by atoms with van der Waals surface area (Å²) < 4.78 is 4.72. The van der Waals surface area contributed by atoms with Crippen molar-refractivity contribution in [2.75, 3.05) is 20.2 Å². The van der Waals surface area contributed by atoms with Gasteiger partial charge in [0.1, 0.15) is 0 Å². The number of hydrogen-bond donors (Lipinski definition) is 1. The fourth-order valence-electron chi connectivity index (χ4n) is 2.55. The van der Waals surface area contributed by atoms with Crippen LogP contribution in [0, 0.1) is 0 Å². The Morgan fingerprint density at radius 1 is 1.56 bits per heavy atom. The van der Waals surface area contributed by atoms with Crippen LogP contribution in [0.1, 0.15) is 39.0 Å². The van der Waals surface area contributed by atoms with E-state index in [0.717, 1.165) is 19.5 Å². The van der Waals surface area contributed by atoms with Gasteiger partial charge in [-0.2, -0.15) is 0 Å². The topological polar surface area (TPSA) is 55.6 Å². The number of hydrogen-bond acceptors (Lipinski definition) is 4. The SMILES string of the molecule is COC(=O)CC(C)N1CCCCC1CCN. The van der Waals surface area contributed by atoms with Crippen molar-refractivity contribution in [3.63, 3.8) is 0 Å². The number of carbonyl (C=O) groups is 1. The number of ether oxygens (including phenoxy) is 1. The van der Waals surface area contributed by atoms with Gasteiger partial charge >= 0.3 is 5.97 Å². The Bertz CT molecular complexity index is 219. The Morgan fingerprint density at radius 3 is 2.94 bits per heavy atom. The molecule has 1 fully saturated rings. The molecule has 2 atom stereocenters. The van der Waals surface area contributed by atoms with E-state index in [9.17, 15) is 4.79 Å². The predicted molar refractivity (Wildman–Crippen MR) is 64.1 cm³/mol. The maximum absolute atomic E-state index is 11.3. The zero-order valence-electron chi connectivity index (χ0n) is 10.4. The highest BCUT2D eigenvalue weighted by Crippen LogP contribution is 2.22. The molecule has 94 valence electrons. The van der Waals surface area contributed by atoms with Crippen LogP contribution in [0.25, 0.3) is 0 Å². The molecule has 2 unspecified atom stereocenters. The van der Waals surface area contributed by atoms with E-state index in [0.29, 0.717) is 12.5 Å². The fourth-order valence-corrected chi connectivity index (χ4v) is 2.55. The van der Waals surface area contributed by atoms with Crippen LogP contribution in [-0.2, 0) is 9.53 Å². The molecule has 1 saturated heterocycles. The second-order valence-electron chi connectivity index (χ2n) is 4.59. The van der Waals surface area contributed by atoms with E-state index in [1.807, 2.05) is 0 Å². The summed E-state index contributed by atoms with van der Waals surface area (Å²) in [6.45, 7) is 3.92. The van der Waals surface area contributed by atoms with Gasteiger partial charge in [-0.3, -0.25) is 9.69 Å². The van der Waals surface area contributed by atoms with Gasteiger partial charge in [-0.05, 0) is 39.3 Å². The molecule has 1 aliphatic heterocycles. The van der Waals surface area contributed by atoms with Crippen molar-refractivity contribution < 1.29 is 9.53 Å². The lowest BCUT2D eigenvalue weighted by molar-refractivity contribution is -0.142. The molecular formula is C12H24N2O2. The summed E-state index contributed by atoms with van der Waals surface area (Å²) in [6.07, 6.45) is 5.24. The third-order valence-corrected chi connectivity index (χ3v) is 3.43. The highest BCUT2D eigenvalue weighted by molar-refractivity contribution is 5.69. The standard InChI is InChI=1S/C12H24N2O2/c1-10(9-12(15)16-2)14-8-4-3-5-11(14)6-7-13/h10-11H,3-9,13H2,1-2H3. The molecule has 0 aromatic rings. The minimum absolute atomic E-state index is 0.121. The van der Waals surface area contributed by atoms with Crippen molar-refractivity contribution >= 4 is 5.97 Å². The Hall–Kier alpha value is -0.610. The van der Waals surface area contributed by atoms with E-state index in [1.165, 1.54) is 26.4 Å². The lowest BCUT2D eigenvalue weighted by Crippen LogP contribution is -2.46. The molecule has 4 heteroatoms. The third kappa shape index (κ3) is 3.76. The summed E-state index contributed by atoms with van der Waals surface area (Å²) in [5, 5.41) is 0. The summed E-state index contributed by atoms with van der Waals surface area (Å²) in [6, 6.07) is 0.822. The molecule has 0 aromatic heterocycles. The smallest absolute Gasteiger partial charge is 0.307 e. The van der Waals surface area contributed by atoms with Crippen LogP contribution in [0.2, 0.25) is 0 Å². The van der Waals surface area contributed by atoms with E-state index >= 15 is 0 Å². The van der Waals surface area contributed by atoms with Crippen LogP contribution in [0.15, 0.2) is 0 Å². The van der Waals surface area contributed by atoms with Gasteiger partial charge < -0.3 is 10.5 Å². The molecule has 0 aromatic carbocycles. The first-order chi connectivity index (χ1) is 7.69. The van der Waals surface area contributed by atoms with Crippen LogP contribution >= 0.6 is 0 Å². The molecule has 0 amide bonds. The molecular weight excluding hydrogens is 204 g/mol. The van der Waals surface area contributed by atoms with Crippen LogP contribution in [0.4, 0.5) is 0 Å². The third-order valence-electron chi connectivity index (χ3n) is 3.43. The number of methoxy groups -OCH3 is 1. The number of esters is 1. The predicted octanol–water partition coefficient (Wildman–Crippen LogP) is 1.14. The average molecular weight is 228 g/mol. The Morgan fingerprint density at radius 2 is 2.31 bits per heavy atom. The average Bonchev–Trinajstić information content (AvgIpc) is 2.30. The van der Waals surface area contributed by atoms with E-state index in [-0.39, 0.29) is 12.0 Å². The van der Waals surface area contributed by atoms with Gasteiger partial charge in [0, 0.05) is 12.1 Å². The molecule has 0 bridgehead atoms. The first-order valence-corrected chi connectivity index (χ1v) is 6.21. The van der Waals surface area contributed by atoms with Gasteiger partial charge in [-0.1, -0.05) is 6.42 Å². The number of nitrogens with zero attached hydrogens (tertiary/aromatic N) is 1. The quantitative estimate of drug-likeness (QED) is 0.717. The van der Waals surface area contributed by atoms with Crippen molar-refractivity contribution in [3.05, 3.63) is 0 Å². The molecule has 2 N–H and O–H groups in total. The monoisotopic (exact) mass is 228 g/mol. The van der Waals surface area contributed by atoms with E-state index in [4.69, 9.17) is 10.5 Å². The lowest BCUT2D eigenvalue weighted by atomic mass is 9.96.